The Hall–Kier alpha value is -2.91. The van der Waals surface area contributed by atoms with Crippen LogP contribution in [0.1, 0.15) is 36.7 Å². The lowest BCUT2D eigenvalue weighted by atomic mass is 10.1. The molecule has 2 aliphatic rings. The van der Waals surface area contributed by atoms with Gasteiger partial charge in [0.1, 0.15) is 11.7 Å². The van der Waals surface area contributed by atoms with Crippen LogP contribution < -0.4 is 0 Å². The van der Waals surface area contributed by atoms with Crippen molar-refractivity contribution in [3.63, 3.8) is 0 Å². The van der Waals surface area contributed by atoms with Gasteiger partial charge in [-0.1, -0.05) is 12.1 Å². The molecule has 1 aliphatic heterocycles. The Morgan fingerprint density at radius 1 is 1.36 bits per heavy atom. The van der Waals surface area contributed by atoms with E-state index >= 15 is 0 Å². The lowest BCUT2D eigenvalue weighted by Crippen LogP contribution is -2.33. The molecule has 0 radical (unpaired) electrons. The molecule has 3 unspecified atom stereocenters. The molecule has 2 aromatic rings. The second-order valence-electron chi connectivity index (χ2n) is 7.15. The molecule has 3 atom stereocenters. The average Bonchev–Trinajstić information content (AvgIpc) is 3.07. The maximum absolute atomic E-state index is 12.9. The van der Waals surface area contributed by atoms with Crippen LogP contribution in [0.4, 0.5) is 13.2 Å². The highest BCUT2D eigenvalue weighted by molar-refractivity contribution is 5.82. The smallest absolute Gasteiger partial charge is 0.340 e. The Kier molecular flexibility index (Phi) is 4.35. The number of nitrogens with one attached hydrogen (secondary N) is 1. The van der Waals surface area contributed by atoms with Crippen molar-refractivity contribution in [3.8, 4) is 11.3 Å². The van der Waals surface area contributed by atoms with Crippen LogP contribution in [0.15, 0.2) is 30.5 Å². The molecule has 1 N–H and O–H groups in total. The highest BCUT2D eigenvalue weighted by Crippen LogP contribution is 2.40. The van der Waals surface area contributed by atoms with Gasteiger partial charge in [0.25, 0.3) is 0 Å². The highest BCUT2D eigenvalue weighted by atomic mass is 19.4. The second-order valence-corrected chi connectivity index (χ2v) is 7.15. The molecule has 0 bridgehead atoms. The molecule has 28 heavy (non-hydrogen) atoms. The fourth-order valence-corrected chi connectivity index (χ4v) is 3.72. The van der Waals surface area contributed by atoms with Crippen LogP contribution in [-0.4, -0.2) is 38.3 Å². The lowest BCUT2D eigenvalue weighted by Gasteiger charge is -2.22. The van der Waals surface area contributed by atoms with E-state index in [1.165, 1.54) is 12.3 Å². The Balaban J connectivity index is 1.54. The number of halogens is 3. The number of likely N-dealkylation sites (tertiary alicyclic amines) is 1. The zero-order valence-electron chi connectivity index (χ0n) is 14.6. The van der Waals surface area contributed by atoms with Crippen molar-refractivity contribution in [3.05, 3.63) is 52.0 Å². The lowest BCUT2D eigenvalue weighted by molar-refractivity contribution is -0.497. The third kappa shape index (κ3) is 3.34. The molecule has 4 rings (SSSR count). The van der Waals surface area contributed by atoms with Crippen LogP contribution in [0.5, 0.6) is 0 Å². The van der Waals surface area contributed by atoms with E-state index in [2.05, 4.69) is 9.97 Å². The number of hydrogen-bond donors (Lipinski definition) is 1. The fraction of sp³-hybridized carbons (Fsp3) is 0.444. The molecule has 1 saturated heterocycles. The normalized spacial score (nSPS) is 24.4. The number of aromatic amines is 1. The van der Waals surface area contributed by atoms with Crippen molar-refractivity contribution in [2.75, 3.05) is 6.54 Å². The fourth-order valence-electron chi connectivity index (χ4n) is 3.72. The van der Waals surface area contributed by atoms with E-state index in [0.29, 0.717) is 30.0 Å². The molecular weight excluding hydrogens is 377 g/mol. The highest BCUT2D eigenvalue weighted by Gasteiger charge is 2.55. The summed E-state index contributed by atoms with van der Waals surface area (Å²) in [7, 11) is 0. The van der Waals surface area contributed by atoms with Gasteiger partial charge in [-0.2, -0.15) is 13.2 Å². The van der Waals surface area contributed by atoms with Gasteiger partial charge >= 0.3 is 6.18 Å². The van der Waals surface area contributed by atoms with Gasteiger partial charge in [0.15, 0.2) is 0 Å². The molecule has 1 saturated carbocycles. The van der Waals surface area contributed by atoms with Gasteiger partial charge in [0.2, 0.25) is 11.9 Å². The summed E-state index contributed by atoms with van der Waals surface area (Å²) < 4.78 is 38.8. The van der Waals surface area contributed by atoms with Crippen molar-refractivity contribution in [1.29, 1.82) is 0 Å². The molecule has 2 heterocycles. The van der Waals surface area contributed by atoms with E-state index in [0.717, 1.165) is 18.6 Å². The van der Waals surface area contributed by atoms with E-state index in [4.69, 9.17) is 0 Å². The molecular formula is C18H17F3N4O3. The number of amides is 1. The van der Waals surface area contributed by atoms with Gasteiger partial charge < -0.3 is 9.88 Å². The van der Waals surface area contributed by atoms with Crippen LogP contribution in [0, 0.1) is 16.0 Å². The Bertz CT molecular complexity index is 927. The number of imidazole rings is 1. The quantitative estimate of drug-likeness (QED) is 0.635. The number of nitrogens with zero attached hydrogens (tertiary/aromatic N) is 3. The monoisotopic (exact) mass is 394 g/mol. The SMILES string of the molecule is O=C(C1CC1[N+](=O)[O-])N1CCCC1c1ncc(-c2cccc(C(F)(F)F)c2)[nH]1. The minimum Gasteiger partial charge on any atom is -0.340 e. The van der Waals surface area contributed by atoms with Crippen LogP contribution in [0.3, 0.4) is 0 Å². The van der Waals surface area contributed by atoms with Gasteiger partial charge in [-0.25, -0.2) is 4.98 Å². The van der Waals surface area contributed by atoms with E-state index in [-0.39, 0.29) is 18.4 Å². The first-order valence-electron chi connectivity index (χ1n) is 8.92. The van der Waals surface area contributed by atoms with Crippen LogP contribution in [-0.2, 0) is 11.0 Å². The first kappa shape index (κ1) is 18.5. The maximum Gasteiger partial charge on any atom is 0.416 e. The number of hydrogen-bond acceptors (Lipinski definition) is 4. The summed E-state index contributed by atoms with van der Waals surface area (Å²) in [6.07, 6.45) is -1.35. The summed E-state index contributed by atoms with van der Waals surface area (Å²) in [5, 5.41) is 10.8. The number of H-pyrrole nitrogens is 1. The summed E-state index contributed by atoms with van der Waals surface area (Å²) in [5.74, 6) is -0.355. The second kappa shape index (κ2) is 6.61. The van der Waals surface area contributed by atoms with Crippen LogP contribution >= 0.6 is 0 Å². The van der Waals surface area contributed by atoms with Crippen molar-refractivity contribution < 1.29 is 22.9 Å². The standard InChI is InChI=1S/C18H17F3N4O3/c19-18(20,21)11-4-1-3-10(7-11)13-9-22-16(23-13)14-5-2-6-24(14)17(26)12-8-15(12)25(27)28/h1,3-4,7,9,12,14-15H,2,5-6,8H2,(H,22,23). The molecule has 1 amide bonds. The van der Waals surface area contributed by atoms with Gasteiger partial charge in [-0.05, 0) is 25.0 Å². The zero-order chi connectivity index (χ0) is 20.1. The molecule has 148 valence electrons. The Morgan fingerprint density at radius 3 is 2.82 bits per heavy atom. The third-order valence-corrected chi connectivity index (χ3v) is 5.29. The van der Waals surface area contributed by atoms with E-state index in [1.807, 2.05) is 0 Å². The molecule has 7 nitrogen and oxygen atoms in total. The van der Waals surface area contributed by atoms with Gasteiger partial charge in [0.05, 0.1) is 23.5 Å². The third-order valence-electron chi connectivity index (χ3n) is 5.29. The number of alkyl halides is 3. The minimum atomic E-state index is -4.44. The van der Waals surface area contributed by atoms with Crippen molar-refractivity contribution >= 4 is 5.91 Å². The number of carbonyl (C=O) groups is 1. The average molecular weight is 394 g/mol. The number of nitro groups is 1. The largest absolute Gasteiger partial charge is 0.416 e. The first-order valence-corrected chi connectivity index (χ1v) is 8.92. The van der Waals surface area contributed by atoms with Gasteiger partial charge in [-0.3, -0.25) is 14.9 Å². The predicted molar refractivity (Wildman–Crippen MR) is 91.6 cm³/mol. The van der Waals surface area contributed by atoms with E-state index in [1.54, 1.807) is 11.0 Å². The summed E-state index contributed by atoms with van der Waals surface area (Å²) >= 11 is 0. The number of benzene rings is 1. The first-order chi connectivity index (χ1) is 13.3. The summed E-state index contributed by atoms with van der Waals surface area (Å²) in [6.45, 7) is 0.490. The van der Waals surface area contributed by atoms with Crippen LogP contribution in [0.2, 0.25) is 0 Å². The Labute approximate surface area is 157 Å². The zero-order valence-corrected chi connectivity index (χ0v) is 14.6. The Morgan fingerprint density at radius 2 is 2.14 bits per heavy atom. The number of aromatic nitrogens is 2. The topological polar surface area (TPSA) is 92.1 Å². The van der Waals surface area contributed by atoms with E-state index < -0.39 is 28.6 Å². The predicted octanol–water partition coefficient (Wildman–Crippen LogP) is 3.42. The minimum absolute atomic E-state index is 0.249. The van der Waals surface area contributed by atoms with Crippen molar-refractivity contribution in [2.45, 2.75) is 37.5 Å². The van der Waals surface area contributed by atoms with Gasteiger partial charge in [-0.15, -0.1) is 0 Å². The molecule has 10 heteroatoms. The molecule has 0 spiro atoms. The molecule has 1 aromatic carbocycles. The summed E-state index contributed by atoms with van der Waals surface area (Å²) in [4.78, 5) is 31.9. The summed E-state index contributed by atoms with van der Waals surface area (Å²) in [6, 6.07) is 3.76. The summed E-state index contributed by atoms with van der Waals surface area (Å²) in [5.41, 5.74) is 0.0217. The van der Waals surface area contributed by atoms with E-state index in [9.17, 15) is 28.1 Å². The van der Waals surface area contributed by atoms with Crippen molar-refractivity contribution in [2.24, 2.45) is 5.92 Å². The van der Waals surface area contributed by atoms with Crippen LogP contribution in [0.25, 0.3) is 11.3 Å². The molecule has 2 fully saturated rings. The molecule has 1 aromatic heterocycles. The molecule has 1 aliphatic carbocycles. The maximum atomic E-state index is 12.9. The number of carbonyl (C=O) groups excluding carboxylic acids is 1. The number of rotatable bonds is 4. The van der Waals surface area contributed by atoms with Crippen molar-refractivity contribution in [1.82, 2.24) is 14.9 Å². The van der Waals surface area contributed by atoms with Gasteiger partial charge in [0, 0.05) is 23.5 Å².